The summed E-state index contributed by atoms with van der Waals surface area (Å²) in [7, 11) is -3.62. The Kier molecular flexibility index (Phi) is 8.84. The van der Waals surface area contributed by atoms with E-state index in [9.17, 15) is 13.2 Å². The molecule has 31 heavy (non-hydrogen) atoms. The second kappa shape index (κ2) is 11.1. The molecule has 0 radical (unpaired) electrons. The Balaban J connectivity index is 2.23. The quantitative estimate of drug-likeness (QED) is 0.290. The summed E-state index contributed by atoms with van der Waals surface area (Å²) < 4.78 is 28.3. The molecule has 0 unspecified atom stereocenters. The molecule has 0 aliphatic rings. The molecule has 2 aromatic rings. The van der Waals surface area contributed by atoms with Crippen molar-refractivity contribution in [3.63, 3.8) is 0 Å². The first-order valence-electron chi connectivity index (χ1n) is 9.73. The highest BCUT2D eigenvalue weighted by molar-refractivity contribution is 7.99. The molecule has 0 saturated carbocycles. The van der Waals surface area contributed by atoms with Gasteiger partial charge < -0.3 is 10.7 Å². The molecule has 2 N–H and O–H groups in total. The van der Waals surface area contributed by atoms with Gasteiger partial charge in [-0.25, -0.2) is 13.1 Å². The molecule has 11 heteroatoms. The van der Waals surface area contributed by atoms with Crippen LogP contribution in [0.25, 0.3) is 11.4 Å². The van der Waals surface area contributed by atoms with Crippen LogP contribution in [0.4, 0.5) is 0 Å². The van der Waals surface area contributed by atoms with E-state index in [1.54, 1.807) is 43.0 Å². The van der Waals surface area contributed by atoms with Gasteiger partial charge in [-0.05, 0) is 12.1 Å². The van der Waals surface area contributed by atoms with Crippen LogP contribution in [0, 0.1) is 0 Å². The number of hydrogen-bond acceptors (Lipinski definition) is 7. The van der Waals surface area contributed by atoms with Crippen LogP contribution >= 0.6 is 11.8 Å². The molecular formula is C20H28N6O3S2. The maximum atomic E-state index is 12.8. The lowest BCUT2D eigenvalue weighted by molar-refractivity contribution is -0.127. The van der Waals surface area contributed by atoms with Gasteiger partial charge in [0, 0.05) is 31.7 Å². The summed E-state index contributed by atoms with van der Waals surface area (Å²) in [5.74, 6) is 6.45. The molecule has 1 aromatic carbocycles. The van der Waals surface area contributed by atoms with E-state index in [1.807, 2.05) is 0 Å². The minimum absolute atomic E-state index is 0.110. The van der Waals surface area contributed by atoms with Crippen LogP contribution in [-0.2, 0) is 14.8 Å². The molecule has 168 valence electrons. The van der Waals surface area contributed by atoms with Crippen molar-refractivity contribution < 1.29 is 13.2 Å². The maximum absolute atomic E-state index is 12.8. The van der Waals surface area contributed by atoms with Crippen molar-refractivity contribution in [1.29, 1.82) is 0 Å². The van der Waals surface area contributed by atoms with Gasteiger partial charge in [-0.2, -0.15) is 4.31 Å². The normalized spacial score (nSPS) is 11.5. The van der Waals surface area contributed by atoms with E-state index in [2.05, 4.69) is 23.4 Å². The standard InChI is InChI=1S/C20H28N6O3S2/c1-5-12-24(13-6-2)18(27)15-30-20-23-22-19(26(20)21)16-10-9-11-17(14-16)31(28,29)25(7-3)8-4/h5-6,9-11,14H,1-2,7-8,12-13,15,21H2,3-4H3. The number of carbonyl (C=O) groups is 1. The number of aromatic nitrogens is 3. The number of nitrogen functional groups attached to an aromatic ring is 1. The van der Waals surface area contributed by atoms with Crippen molar-refractivity contribution in [3.05, 3.63) is 49.6 Å². The van der Waals surface area contributed by atoms with Crippen LogP contribution in [0.1, 0.15) is 13.8 Å². The third-order valence-corrected chi connectivity index (χ3v) is 7.45. The molecule has 0 bridgehead atoms. The Morgan fingerprint density at radius 1 is 1.19 bits per heavy atom. The zero-order valence-corrected chi connectivity index (χ0v) is 19.4. The van der Waals surface area contributed by atoms with E-state index in [0.29, 0.717) is 42.7 Å². The second-order valence-corrected chi connectivity index (χ2v) is 9.34. The van der Waals surface area contributed by atoms with Crippen LogP contribution in [0.15, 0.2) is 59.6 Å². The van der Waals surface area contributed by atoms with Crippen LogP contribution in [0.2, 0.25) is 0 Å². The minimum atomic E-state index is -3.62. The molecule has 0 fully saturated rings. The fourth-order valence-electron chi connectivity index (χ4n) is 2.89. The highest BCUT2D eigenvalue weighted by Gasteiger charge is 2.23. The zero-order valence-electron chi connectivity index (χ0n) is 17.8. The topological polar surface area (TPSA) is 114 Å². The van der Waals surface area contributed by atoms with Gasteiger partial charge in [0.25, 0.3) is 0 Å². The number of carbonyl (C=O) groups excluding carboxylic acids is 1. The summed E-state index contributed by atoms with van der Waals surface area (Å²) in [4.78, 5) is 14.2. The lowest BCUT2D eigenvalue weighted by Crippen LogP contribution is -2.32. The summed E-state index contributed by atoms with van der Waals surface area (Å²) in [6, 6.07) is 6.41. The zero-order chi connectivity index (χ0) is 23.0. The van der Waals surface area contributed by atoms with Gasteiger partial charge in [0.05, 0.1) is 10.6 Å². The Labute approximate surface area is 187 Å². The number of rotatable bonds is 12. The van der Waals surface area contributed by atoms with Crippen LogP contribution < -0.4 is 5.84 Å². The van der Waals surface area contributed by atoms with E-state index >= 15 is 0 Å². The smallest absolute Gasteiger partial charge is 0.243 e. The number of hydrogen-bond donors (Lipinski definition) is 1. The van der Waals surface area contributed by atoms with Crippen molar-refractivity contribution in [2.45, 2.75) is 23.9 Å². The van der Waals surface area contributed by atoms with Crippen molar-refractivity contribution in [2.24, 2.45) is 0 Å². The lowest BCUT2D eigenvalue weighted by atomic mass is 10.2. The molecule has 1 aromatic heterocycles. The molecular weight excluding hydrogens is 436 g/mol. The summed E-state index contributed by atoms with van der Waals surface area (Å²) in [5.41, 5.74) is 0.515. The average Bonchev–Trinajstić information content (AvgIpc) is 3.13. The first kappa shape index (κ1) is 24.6. The molecule has 2 rings (SSSR count). The van der Waals surface area contributed by atoms with Crippen LogP contribution in [0.5, 0.6) is 0 Å². The lowest BCUT2D eigenvalue weighted by Gasteiger charge is -2.19. The number of amides is 1. The highest BCUT2D eigenvalue weighted by atomic mass is 32.2. The largest absolute Gasteiger partial charge is 0.335 e. The number of thioether (sulfide) groups is 1. The van der Waals surface area contributed by atoms with Crippen LogP contribution in [0.3, 0.4) is 0 Å². The van der Waals surface area contributed by atoms with Gasteiger partial charge in [-0.3, -0.25) is 4.79 Å². The Morgan fingerprint density at radius 3 is 2.42 bits per heavy atom. The van der Waals surface area contributed by atoms with Crippen molar-refractivity contribution in [3.8, 4) is 11.4 Å². The fraction of sp³-hybridized carbons (Fsp3) is 0.350. The first-order chi connectivity index (χ1) is 14.8. The Morgan fingerprint density at radius 2 is 1.84 bits per heavy atom. The maximum Gasteiger partial charge on any atom is 0.243 e. The van der Waals surface area contributed by atoms with E-state index < -0.39 is 10.0 Å². The molecule has 1 amide bonds. The van der Waals surface area contributed by atoms with E-state index in [1.165, 1.54) is 21.1 Å². The van der Waals surface area contributed by atoms with E-state index in [-0.39, 0.29) is 16.6 Å². The number of nitrogens with two attached hydrogens (primary N) is 1. The van der Waals surface area contributed by atoms with Crippen LogP contribution in [-0.4, -0.2) is 70.3 Å². The number of sulfonamides is 1. The monoisotopic (exact) mass is 464 g/mol. The van der Waals surface area contributed by atoms with Gasteiger partial charge in [0.15, 0.2) is 5.82 Å². The van der Waals surface area contributed by atoms with Gasteiger partial charge >= 0.3 is 0 Å². The van der Waals surface area contributed by atoms with Gasteiger partial charge in [-0.15, -0.1) is 23.4 Å². The van der Waals surface area contributed by atoms with Gasteiger partial charge in [0.2, 0.25) is 21.1 Å². The summed E-state index contributed by atoms with van der Waals surface area (Å²) in [6.07, 6.45) is 3.30. The summed E-state index contributed by atoms with van der Waals surface area (Å²) >= 11 is 1.15. The van der Waals surface area contributed by atoms with Crippen molar-refractivity contribution in [1.82, 2.24) is 24.1 Å². The number of benzene rings is 1. The summed E-state index contributed by atoms with van der Waals surface area (Å²) in [6.45, 7) is 12.5. The van der Waals surface area contributed by atoms with E-state index in [4.69, 9.17) is 5.84 Å². The SMILES string of the molecule is C=CCN(CC=C)C(=O)CSc1nnc(-c2cccc(S(=O)(=O)N(CC)CC)c2)n1N. The molecule has 0 spiro atoms. The predicted octanol–water partition coefficient (Wildman–Crippen LogP) is 1.98. The molecule has 0 atom stereocenters. The van der Waals surface area contributed by atoms with E-state index in [0.717, 1.165) is 11.8 Å². The third-order valence-electron chi connectivity index (χ3n) is 4.48. The predicted molar refractivity (Wildman–Crippen MR) is 123 cm³/mol. The fourth-order valence-corrected chi connectivity index (χ4v) is 5.15. The van der Waals surface area contributed by atoms with Gasteiger partial charge in [0.1, 0.15) is 0 Å². The average molecular weight is 465 g/mol. The third kappa shape index (κ3) is 5.75. The molecule has 1 heterocycles. The Bertz CT molecular complexity index is 1020. The van der Waals surface area contributed by atoms with Gasteiger partial charge in [-0.1, -0.05) is 49.9 Å². The van der Waals surface area contributed by atoms with Crippen molar-refractivity contribution in [2.75, 3.05) is 37.8 Å². The summed E-state index contributed by atoms with van der Waals surface area (Å²) in [5, 5.41) is 8.49. The molecule has 0 saturated heterocycles. The second-order valence-electron chi connectivity index (χ2n) is 6.46. The first-order valence-corrected chi connectivity index (χ1v) is 12.2. The Hall–Kier alpha value is -2.63. The number of nitrogens with zero attached hydrogens (tertiary/aromatic N) is 5. The molecule has 0 aliphatic heterocycles. The highest BCUT2D eigenvalue weighted by Crippen LogP contribution is 2.25. The van der Waals surface area contributed by atoms with Crippen molar-refractivity contribution >= 4 is 27.7 Å². The molecule has 0 aliphatic carbocycles. The molecule has 9 nitrogen and oxygen atoms in total. The minimum Gasteiger partial charge on any atom is -0.335 e.